The van der Waals surface area contributed by atoms with Crippen molar-refractivity contribution in [1.29, 1.82) is 0 Å². The predicted octanol–water partition coefficient (Wildman–Crippen LogP) is 3.62. The lowest BCUT2D eigenvalue weighted by molar-refractivity contribution is 0.153. The zero-order valence-electron chi connectivity index (χ0n) is 15.0. The number of hydrogen-bond acceptors (Lipinski definition) is 8. The van der Waals surface area contributed by atoms with Crippen LogP contribution < -0.4 is 0 Å². The lowest BCUT2D eigenvalue weighted by Gasteiger charge is -2.31. The summed E-state index contributed by atoms with van der Waals surface area (Å²) in [6.45, 7) is 5.23. The molecule has 8 heteroatoms. The van der Waals surface area contributed by atoms with Crippen LogP contribution in [-0.2, 0) is 17.9 Å². The Morgan fingerprint density at radius 2 is 2.23 bits per heavy atom. The number of aromatic nitrogens is 3. The molecule has 3 aromatic heterocycles. The number of nitrogens with zero attached hydrogens (tertiary/aromatic N) is 4. The predicted molar refractivity (Wildman–Crippen MR) is 96.8 cm³/mol. The van der Waals surface area contributed by atoms with Crippen LogP contribution >= 0.6 is 11.5 Å². The summed E-state index contributed by atoms with van der Waals surface area (Å²) in [6, 6.07) is 5.96. The topological polar surface area (TPSA) is 77.4 Å². The van der Waals surface area contributed by atoms with Gasteiger partial charge in [0.1, 0.15) is 23.0 Å². The summed E-state index contributed by atoms with van der Waals surface area (Å²) >= 11 is 1.38. The summed E-state index contributed by atoms with van der Waals surface area (Å²) in [4.78, 5) is 3.41. The first-order chi connectivity index (χ1) is 12.7. The van der Waals surface area contributed by atoms with Gasteiger partial charge in [0.15, 0.2) is 5.76 Å². The molecule has 1 unspecified atom stereocenters. The van der Waals surface area contributed by atoms with Crippen molar-refractivity contribution in [2.75, 3.05) is 20.2 Å². The van der Waals surface area contributed by atoms with Crippen molar-refractivity contribution in [3.05, 3.63) is 41.1 Å². The molecule has 0 N–H and O–H groups in total. The zero-order valence-corrected chi connectivity index (χ0v) is 15.8. The van der Waals surface area contributed by atoms with Crippen molar-refractivity contribution < 1.29 is 13.7 Å². The van der Waals surface area contributed by atoms with Crippen LogP contribution in [0.3, 0.4) is 0 Å². The highest BCUT2D eigenvalue weighted by atomic mass is 32.1. The smallest absolute Gasteiger partial charge is 0.180 e. The number of methoxy groups -OCH3 is 1. The summed E-state index contributed by atoms with van der Waals surface area (Å²) in [6.07, 6.45) is 2.23. The minimum atomic E-state index is 0.344. The van der Waals surface area contributed by atoms with Crippen molar-refractivity contribution in [3.8, 4) is 10.6 Å². The second-order valence-corrected chi connectivity index (χ2v) is 7.45. The van der Waals surface area contributed by atoms with Crippen LogP contribution in [0.1, 0.15) is 41.7 Å². The van der Waals surface area contributed by atoms with Gasteiger partial charge in [0.2, 0.25) is 0 Å². The lowest BCUT2D eigenvalue weighted by Crippen LogP contribution is -2.34. The molecule has 0 bridgehead atoms. The minimum absolute atomic E-state index is 0.344. The van der Waals surface area contributed by atoms with Crippen LogP contribution in [-0.4, -0.2) is 39.8 Å². The van der Waals surface area contributed by atoms with Gasteiger partial charge in [-0.25, -0.2) is 0 Å². The van der Waals surface area contributed by atoms with Crippen LogP contribution in [0, 0.1) is 6.92 Å². The van der Waals surface area contributed by atoms with Crippen molar-refractivity contribution >= 4 is 11.5 Å². The highest BCUT2D eigenvalue weighted by molar-refractivity contribution is 7.09. The average molecular weight is 374 g/mol. The molecule has 0 saturated carbocycles. The first-order valence-corrected chi connectivity index (χ1v) is 9.55. The third-order valence-corrected chi connectivity index (χ3v) is 5.40. The maximum absolute atomic E-state index is 5.83. The molecule has 4 rings (SSSR count). The first kappa shape index (κ1) is 17.4. The summed E-state index contributed by atoms with van der Waals surface area (Å²) in [5, 5.41) is 8.40. The normalized spacial score (nSPS) is 18.5. The van der Waals surface area contributed by atoms with Crippen LogP contribution in [0.2, 0.25) is 0 Å². The summed E-state index contributed by atoms with van der Waals surface area (Å²) < 4.78 is 20.5. The Labute approximate surface area is 156 Å². The zero-order chi connectivity index (χ0) is 17.9. The molecule has 1 fully saturated rings. The summed E-state index contributed by atoms with van der Waals surface area (Å²) in [7, 11) is 1.67. The molecular formula is C18H22N4O3S. The Morgan fingerprint density at radius 1 is 1.35 bits per heavy atom. The third-order valence-electron chi connectivity index (χ3n) is 4.64. The Morgan fingerprint density at radius 3 is 3.04 bits per heavy atom. The van der Waals surface area contributed by atoms with Crippen LogP contribution in [0.25, 0.3) is 10.6 Å². The van der Waals surface area contributed by atoms with Crippen molar-refractivity contribution in [2.45, 2.75) is 38.8 Å². The molecule has 0 spiro atoms. The molecule has 0 aromatic carbocycles. The quantitative estimate of drug-likeness (QED) is 0.652. The van der Waals surface area contributed by atoms with E-state index in [1.807, 2.05) is 25.1 Å². The van der Waals surface area contributed by atoms with Gasteiger partial charge in [-0.15, -0.1) is 5.10 Å². The van der Waals surface area contributed by atoms with Gasteiger partial charge in [-0.2, -0.15) is 0 Å². The SMILES string of the molecule is COCc1ccc(CN2CCCC(c3nnsc3-c3cc(C)no3)C2)o1. The Kier molecular flexibility index (Phi) is 5.14. The molecule has 0 amide bonds. The molecule has 1 atom stereocenters. The second-order valence-electron chi connectivity index (χ2n) is 6.70. The maximum atomic E-state index is 5.83. The van der Waals surface area contributed by atoms with Crippen molar-refractivity contribution in [3.63, 3.8) is 0 Å². The second kappa shape index (κ2) is 7.69. The highest BCUT2D eigenvalue weighted by Gasteiger charge is 2.28. The van der Waals surface area contributed by atoms with Crippen molar-refractivity contribution in [2.24, 2.45) is 0 Å². The minimum Gasteiger partial charge on any atom is -0.462 e. The van der Waals surface area contributed by atoms with E-state index < -0.39 is 0 Å². The van der Waals surface area contributed by atoms with Gasteiger partial charge < -0.3 is 13.7 Å². The van der Waals surface area contributed by atoms with E-state index >= 15 is 0 Å². The molecule has 4 heterocycles. The van der Waals surface area contributed by atoms with E-state index in [4.69, 9.17) is 13.7 Å². The van der Waals surface area contributed by atoms with E-state index in [9.17, 15) is 0 Å². The lowest BCUT2D eigenvalue weighted by atomic mass is 9.93. The number of likely N-dealkylation sites (tertiary alicyclic amines) is 1. The van der Waals surface area contributed by atoms with Crippen LogP contribution in [0.15, 0.2) is 27.1 Å². The number of furan rings is 1. The number of hydrogen-bond donors (Lipinski definition) is 0. The van der Waals surface area contributed by atoms with Gasteiger partial charge >= 0.3 is 0 Å². The highest BCUT2D eigenvalue weighted by Crippen LogP contribution is 2.35. The molecule has 1 saturated heterocycles. The van der Waals surface area contributed by atoms with E-state index in [1.54, 1.807) is 7.11 Å². The number of rotatable bonds is 6. The van der Waals surface area contributed by atoms with Gasteiger partial charge in [-0.1, -0.05) is 9.64 Å². The van der Waals surface area contributed by atoms with E-state index in [0.717, 1.165) is 66.0 Å². The maximum Gasteiger partial charge on any atom is 0.180 e. The molecule has 138 valence electrons. The van der Waals surface area contributed by atoms with Crippen molar-refractivity contribution in [1.82, 2.24) is 19.6 Å². The molecule has 0 aliphatic carbocycles. The summed E-state index contributed by atoms with van der Waals surface area (Å²) in [5.74, 6) is 2.94. The Hall–Kier alpha value is -2.03. The van der Waals surface area contributed by atoms with E-state index in [-0.39, 0.29) is 0 Å². The number of piperidine rings is 1. The molecule has 26 heavy (non-hydrogen) atoms. The largest absolute Gasteiger partial charge is 0.462 e. The average Bonchev–Trinajstić information content (AvgIpc) is 3.36. The van der Waals surface area contributed by atoms with Crippen LogP contribution in [0.5, 0.6) is 0 Å². The van der Waals surface area contributed by atoms with E-state index in [0.29, 0.717) is 12.5 Å². The fourth-order valence-electron chi connectivity index (χ4n) is 3.48. The van der Waals surface area contributed by atoms with Gasteiger partial charge in [-0.05, 0) is 50.0 Å². The standard InChI is InChI=1S/C18H22N4O3S/c1-12-8-16(25-20-12)18-17(19-21-26-18)13-4-3-7-22(9-13)10-14-5-6-15(24-14)11-23-2/h5-6,8,13H,3-4,7,9-11H2,1-2H3. The molecule has 3 aromatic rings. The van der Waals surface area contributed by atoms with Gasteiger partial charge in [0.05, 0.1) is 17.9 Å². The Balaban J connectivity index is 1.46. The van der Waals surface area contributed by atoms with Gasteiger partial charge in [0.25, 0.3) is 0 Å². The van der Waals surface area contributed by atoms with Gasteiger partial charge in [0, 0.05) is 25.6 Å². The Bertz CT molecular complexity index is 856. The van der Waals surface area contributed by atoms with Crippen LogP contribution in [0.4, 0.5) is 0 Å². The third kappa shape index (κ3) is 3.72. The first-order valence-electron chi connectivity index (χ1n) is 8.77. The molecule has 1 aliphatic rings. The molecular weight excluding hydrogens is 352 g/mol. The summed E-state index contributed by atoms with van der Waals surface area (Å²) in [5.41, 5.74) is 1.89. The number of aryl methyl sites for hydroxylation is 1. The molecule has 1 aliphatic heterocycles. The van der Waals surface area contributed by atoms with E-state index in [2.05, 4.69) is 19.6 Å². The van der Waals surface area contributed by atoms with E-state index in [1.165, 1.54) is 11.5 Å². The number of ether oxygens (including phenoxy) is 1. The molecule has 7 nitrogen and oxygen atoms in total. The fourth-order valence-corrected chi connectivity index (χ4v) is 4.17. The van der Waals surface area contributed by atoms with Gasteiger partial charge in [-0.3, -0.25) is 4.90 Å². The monoisotopic (exact) mass is 374 g/mol. The fraction of sp³-hybridized carbons (Fsp3) is 0.500. The molecule has 0 radical (unpaired) electrons.